The summed E-state index contributed by atoms with van der Waals surface area (Å²) in [6.45, 7) is 5.72. The van der Waals surface area contributed by atoms with E-state index in [4.69, 9.17) is 14.6 Å². The Morgan fingerprint density at radius 1 is 1.17 bits per heavy atom. The second-order valence-electron chi connectivity index (χ2n) is 6.59. The van der Waals surface area contributed by atoms with Crippen LogP contribution in [-0.2, 0) is 9.59 Å². The number of carbonyl (C=O) groups excluding carboxylic acids is 1. The van der Waals surface area contributed by atoms with Crippen molar-refractivity contribution in [1.82, 2.24) is 5.32 Å². The third-order valence-electron chi connectivity index (χ3n) is 4.15. The lowest BCUT2D eigenvalue weighted by molar-refractivity contribution is -0.139. The van der Waals surface area contributed by atoms with Crippen molar-refractivity contribution >= 4 is 40.6 Å². The molecule has 0 atom stereocenters. The number of aryl methyl sites for hydroxylation is 2. The van der Waals surface area contributed by atoms with Crippen LogP contribution in [0.1, 0.15) is 23.6 Å². The highest BCUT2D eigenvalue weighted by Gasteiger charge is 2.24. The Morgan fingerprint density at radius 2 is 1.97 bits per heavy atom. The number of carbonyl (C=O) groups is 2. The van der Waals surface area contributed by atoms with E-state index in [0.717, 1.165) is 22.4 Å². The van der Waals surface area contributed by atoms with Crippen LogP contribution in [0.15, 0.2) is 46.3 Å². The van der Waals surface area contributed by atoms with Gasteiger partial charge >= 0.3 is 5.97 Å². The van der Waals surface area contributed by atoms with Gasteiger partial charge in [-0.2, -0.15) is 0 Å². The Balaban J connectivity index is 1.83. The second kappa shape index (κ2) is 9.49. The Hall–Kier alpha value is -3.26. The summed E-state index contributed by atoms with van der Waals surface area (Å²) in [6.07, 6.45) is 1.73. The number of ether oxygens (including phenoxy) is 2. The molecule has 1 saturated heterocycles. The Kier molecular flexibility index (Phi) is 6.79. The van der Waals surface area contributed by atoms with Gasteiger partial charge in [0.1, 0.15) is 0 Å². The number of nitrogens with one attached hydrogen (secondary N) is 1. The van der Waals surface area contributed by atoms with Crippen molar-refractivity contribution in [2.75, 3.05) is 13.2 Å². The van der Waals surface area contributed by atoms with Crippen molar-refractivity contribution in [1.29, 1.82) is 0 Å². The molecule has 7 nitrogen and oxygen atoms in total. The Labute approximate surface area is 178 Å². The van der Waals surface area contributed by atoms with Crippen LogP contribution < -0.4 is 14.8 Å². The number of aliphatic carboxylic acids is 1. The molecule has 0 saturated carbocycles. The van der Waals surface area contributed by atoms with E-state index in [1.807, 2.05) is 39.0 Å². The smallest absolute Gasteiger partial charge is 0.341 e. The molecule has 1 heterocycles. The predicted octanol–water partition coefficient (Wildman–Crippen LogP) is 4.06. The van der Waals surface area contributed by atoms with Crippen LogP contribution >= 0.6 is 11.8 Å². The van der Waals surface area contributed by atoms with E-state index < -0.39 is 12.6 Å². The molecule has 1 aliphatic rings. The summed E-state index contributed by atoms with van der Waals surface area (Å²) >= 11 is 1.26. The van der Waals surface area contributed by atoms with Gasteiger partial charge in [0.05, 0.1) is 17.2 Å². The van der Waals surface area contributed by atoms with Crippen LogP contribution in [0.4, 0.5) is 5.69 Å². The number of hydrogen-bond acceptors (Lipinski definition) is 6. The molecule has 2 aromatic carbocycles. The first-order chi connectivity index (χ1) is 14.4. The van der Waals surface area contributed by atoms with E-state index in [9.17, 15) is 9.59 Å². The normalized spacial score (nSPS) is 16.0. The molecule has 0 unspecified atom stereocenters. The van der Waals surface area contributed by atoms with Gasteiger partial charge in [-0.15, -0.1) is 0 Å². The van der Waals surface area contributed by atoms with E-state index in [-0.39, 0.29) is 5.91 Å². The number of aliphatic imine (C=N–C) groups is 1. The number of carboxylic acids is 1. The minimum atomic E-state index is -1.07. The fourth-order valence-electron chi connectivity index (χ4n) is 2.72. The third kappa shape index (κ3) is 5.42. The highest BCUT2D eigenvalue weighted by Crippen LogP contribution is 2.33. The van der Waals surface area contributed by atoms with Gasteiger partial charge in [-0.25, -0.2) is 9.79 Å². The summed E-state index contributed by atoms with van der Waals surface area (Å²) in [7, 11) is 0. The van der Waals surface area contributed by atoms with Crippen molar-refractivity contribution in [3.63, 3.8) is 0 Å². The number of hydrogen-bond donors (Lipinski definition) is 2. The minimum absolute atomic E-state index is 0.229. The summed E-state index contributed by atoms with van der Waals surface area (Å²) in [5.41, 5.74) is 3.67. The molecule has 2 N–H and O–H groups in total. The van der Waals surface area contributed by atoms with Gasteiger partial charge in [0.2, 0.25) is 0 Å². The molecule has 3 rings (SSSR count). The molecule has 156 valence electrons. The maximum Gasteiger partial charge on any atom is 0.341 e. The van der Waals surface area contributed by atoms with Gasteiger partial charge in [-0.3, -0.25) is 4.79 Å². The molecule has 0 spiro atoms. The van der Waals surface area contributed by atoms with Crippen molar-refractivity contribution in [3.8, 4) is 11.5 Å². The topological polar surface area (TPSA) is 97.2 Å². The number of benzene rings is 2. The Bertz CT molecular complexity index is 1050. The van der Waals surface area contributed by atoms with Gasteiger partial charge in [0, 0.05) is 0 Å². The molecule has 0 bridgehead atoms. The molecule has 1 amide bonds. The molecule has 1 fully saturated rings. The highest BCUT2D eigenvalue weighted by atomic mass is 32.2. The molecule has 2 aromatic rings. The van der Waals surface area contributed by atoms with Gasteiger partial charge < -0.3 is 19.9 Å². The highest BCUT2D eigenvalue weighted by molar-refractivity contribution is 8.18. The third-order valence-corrected chi connectivity index (χ3v) is 5.06. The van der Waals surface area contributed by atoms with Gasteiger partial charge in [-0.1, -0.05) is 18.2 Å². The summed E-state index contributed by atoms with van der Waals surface area (Å²) < 4.78 is 10.8. The fourth-order valence-corrected chi connectivity index (χ4v) is 3.56. The molecule has 1 aliphatic heterocycles. The monoisotopic (exact) mass is 426 g/mol. The van der Waals surface area contributed by atoms with Crippen LogP contribution in [0.5, 0.6) is 11.5 Å². The van der Waals surface area contributed by atoms with Crippen LogP contribution in [-0.4, -0.2) is 35.4 Å². The molecule has 0 aromatic heterocycles. The molecular formula is C22H22N2O5S. The number of amidine groups is 1. The fraction of sp³-hybridized carbons (Fsp3) is 0.227. The average molecular weight is 426 g/mol. The second-order valence-corrected chi connectivity index (χ2v) is 7.62. The van der Waals surface area contributed by atoms with Crippen LogP contribution in [0.25, 0.3) is 6.08 Å². The molecule has 0 aliphatic carbocycles. The summed E-state index contributed by atoms with van der Waals surface area (Å²) in [5.74, 6) is -0.547. The number of carboxylic acid groups (broad SMARTS) is 1. The summed E-state index contributed by atoms with van der Waals surface area (Å²) in [5, 5.41) is 12.1. The number of nitrogens with zero attached hydrogens (tertiary/aromatic N) is 1. The molecule has 30 heavy (non-hydrogen) atoms. The van der Waals surface area contributed by atoms with Gasteiger partial charge in [0.25, 0.3) is 5.91 Å². The van der Waals surface area contributed by atoms with Crippen LogP contribution in [0.2, 0.25) is 0 Å². The number of thioether (sulfide) groups is 1. The van der Waals surface area contributed by atoms with Crippen molar-refractivity contribution in [2.45, 2.75) is 20.8 Å². The summed E-state index contributed by atoms with van der Waals surface area (Å²) in [6, 6.07) is 11.1. The van der Waals surface area contributed by atoms with E-state index in [1.54, 1.807) is 24.3 Å². The summed E-state index contributed by atoms with van der Waals surface area (Å²) in [4.78, 5) is 28.2. The van der Waals surface area contributed by atoms with Crippen LogP contribution in [0.3, 0.4) is 0 Å². The lowest BCUT2D eigenvalue weighted by Crippen LogP contribution is -2.19. The molecule has 0 radical (unpaired) electrons. The first-order valence-corrected chi connectivity index (χ1v) is 10.2. The first kappa shape index (κ1) is 21.4. The largest absolute Gasteiger partial charge is 0.490 e. The zero-order chi connectivity index (χ0) is 21.7. The van der Waals surface area contributed by atoms with Crippen LogP contribution in [0, 0.1) is 13.8 Å². The van der Waals surface area contributed by atoms with E-state index in [0.29, 0.717) is 28.2 Å². The zero-order valence-electron chi connectivity index (χ0n) is 16.9. The lowest BCUT2D eigenvalue weighted by Gasteiger charge is -2.11. The Morgan fingerprint density at radius 3 is 2.70 bits per heavy atom. The van der Waals surface area contributed by atoms with Gasteiger partial charge in [-0.05, 0) is 73.5 Å². The maximum atomic E-state index is 12.4. The zero-order valence-corrected chi connectivity index (χ0v) is 17.7. The standard InChI is InChI=1S/C22H22N2O5S/c1-4-28-18-10-15(7-8-17(18)29-12-20(25)26)11-19-21(27)24-22(30-19)23-16-9-13(2)5-6-14(16)3/h5-11H,4,12H2,1-3H3,(H,25,26)(H,23,24,27)/b19-11+. The van der Waals surface area contributed by atoms with E-state index in [2.05, 4.69) is 10.3 Å². The number of amides is 1. The van der Waals surface area contributed by atoms with Crippen molar-refractivity contribution in [2.24, 2.45) is 4.99 Å². The maximum absolute atomic E-state index is 12.4. The first-order valence-electron chi connectivity index (χ1n) is 9.34. The predicted molar refractivity (Wildman–Crippen MR) is 117 cm³/mol. The van der Waals surface area contributed by atoms with Crippen molar-refractivity contribution in [3.05, 3.63) is 58.0 Å². The number of rotatable bonds is 7. The lowest BCUT2D eigenvalue weighted by atomic mass is 10.1. The quantitative estimate of drug-likeness (QED) is 0.648. The van der Waals surface area contributed by atoms with E-state index >= 15 is 0 Å². The van der Waals surface area contributed by atoms with Gasteiger partial charge in [0.15, 0.2) is 23.3 Å². The van der Waals surface area contributed by atoms with E-state index in [1.165, 1.54) is 11.8 Å². The SMILES string of the molecule is CCOc1cc(/C=C2/SC(=Nc3cc(C)ccc3C)NC2=O)ccc1OCC(=O)O. The molecule has 8 heteroatoms. The molecular weight excluding hydrogens is 404 g/mol. The minimum Gasteiger partial charge on any atom is -0.490 e. The average Bonchev–Trinajstić information content (AvgIpc) is 3.03. The van der Waals surface area contributed by atoms with Crippen molar-refractivity contribution < 1.29 is 24.2 Å².